The van der Waals surface area contributed by atoms with Gasteiger partial charge < -0.3 is 5.11 Å². The van der Waals surface area contributed by atoms with Gasteiger partial charge in [0.25, 0.3) is 5.91 Å². The first kappa shape index (κ1) is 16.8. The van der Waals surface area contributed by atoms with Gasteiger partial charge in [-0.15, -0.1) is 5.10 Å². The number of amides is 1. The molecule has 1 heterocycles. The van der Waals surface area contributed by atoms with Crippen LogP contribution in [0.3, 0.4) is 0 Å². The van der Waals surface area contributed by atoms with E-state index in [1.807, 2.05) is 30.3 Å². The fourth-order valence-corrected chi connectivity index (χ4v) is 2.44. The standard InChI is InChI=1S/C18H19N5O2/c1-13(12-23-16-11-7-6-10-15(16)20-22-23)19-21-17(24)18(2,25)14-8-4-3-5-9-14/h3-11,25H,12H2,1-2H3,(H,21,24)/t18-/m1/s1. The van der Waals surface area contributed by atoms with Gasteiger partial charge in [0.15, 0.2) is 5.60 Å². The number of hydrogen-bond donors (Lipinski definition) is 2. The number of fused-ring (bicyclic) bond motifs is 1. The molecule has 2 N–H and O–H groups in total. The van der Waals surface area contributed by atoms with Crippen LogP contribution >= 0.6 is 0 Å². The number of aliphatic hydroxyl groups is 1. The van der Waals surface area contributed by atoms with Crippen molar-refractivity contribution in [1.29, 1.82) is 0 Å². The largest absolute Gasteiger partial charge is 0.375 e. The van der Waals surface area contributed by atoms with E-state index in [0.29, 0.717) is 17.8 Å². The number of nitrogens with zero attached hydrogens (tertiary/aromatic N) is 4. The molecule has 0 bridgehead atoms. The number of nitrogens with one attached hydrogen (secondary N) is 1. The average molecular weight is 337 g/mol. The Balaban J connectivity index is 1.70. The summed E-state index contributed by atoms with van der Waals surface area (Å²) >= 11 is 0. The van der Waals surface area contributed by atoms with Crippen LogP contribution in [0.5, 0.6) is 0 Å². The van der Waals surface area contributed by atoms with E-state index in [4.69, 9.17) is 0 Å². The smallest absolute Gasteiger partial charge is 0.276 e. The van der Waals surface area contributed by atoms with Crippen molar-refractivity contribution in [2.75, 3.05) is 0 Å². The highest BCUT2D eigenvalue weighted by atomic mass is 16.3. The number of para-hydroxylation sites is 1. The molecule has 0 unspecified atom stereocenters. The molecule has 0 radical (unpaired) electrons. The summed E-state index contributed by atoms with van der Waals surface area (Å²) in [5.74, 6) is -0.596. The zero-order chi connectivity index (χ0) is 17.9. The van der Waals surface area contributed by atoms with E-state index in [-0.39, 0.29) is 0 Å². The highest BCUT2D eigenvalue weighted by Crippen LogP contribution is 2.20. The van der Waals surface area contributed by atoms with Gasteiger partial charge in [-0.05, 0) is 31.5 Å². The fraction of sp³-hybridized carbons (Fsp3) is 0.222. The van der Waals surface area contributed by atoms with Crippen LogP contribution in [0.1, 0.15) is 19.4 Å². The van der Waals surface area contributed by atoms with Crippen molar-refractivity contribution in [3.05, 3.63) is 60.2 Å². The Morgan fingerprint density at radius 2 is 1.88 bits per heavy atom. The van der Waals surface area contributed by atoms with E-state index in [1.165, 1.54) is 6.92 Å². The fourth-order valence-electron chi connectivity index (χ4n) is 2.44. The average Bonchev–Trinajstić information content (AvgIpc) is 3.03. The molecular weight excluding hydrogens is 318 g/mol. The third kappa shape index (κ3) is 3.56. The Morgan fingerprint density at radius 3 is 2.64 bits per heavy atom. The number of rotatable bonds is 5. The molecule has 0 aliphatic carbocycles. The third-order valence-electron chi connectivity index (χ3n) is 3.93. The van der Waals surface area contributed by atoms with Gasteiger partial charge in [-0.25, -0.2) is 10.1 Å². The van der Waals surface area contributed by atoms with Crippen LogP contribution in [0.15, 0.2) is 59.7 Å². The summed E-state index contributed by atoms with van der Waals surface area (Å²) in [7, 11) is 0. The summed E-state index contributed by atoms with van der Waals surface area (Å²) in [5.41, 5.74) is 3.58. The van der Waals surface area contributed by atoms with Gasteiger partial charge in [0.1, 0.15) is 5.52 Å². The van der Waals surface area contributed by atoms with Gasteiger partial charge >= 0.3 is 0 Å². The molecular formula is C18H19N5O2. The van der Waals surface area contributed by atoms with Crippen molar-refractivity contribution in [1.82, 2.24) is 20.4 Å². The monoisotopic (exact) mass is 337 g/mol. The van der Waals surface area contributed by atoms with E-state index in [1.54, 1.807) is 35.9 Å². The maximum atomic E-state index is 12.3. The van der Waals surface area contributed by atoms with Gasteiger partial charge in [0.05, 0.1) is 17.8 Å². The summed E-state index contributed by atoms with van der Waals surface area (Å²) in [6.45, 7) is 3.59. The number of hydrazone groups is 1. The number of carbonyl (C=O) groups excluding carboxylic acids is 1. The Labute approximate surface area is 145 Å². The quantitative estimate of drug-likeness (QED) is 0.549. The molecule has 1 aromatic heterocycles. The maximum absolute atomic E-state index is 12.3. The van der Waals surface area contributed by atoms with E-state index < -0.39 is 11.5 Å². The molecule has 1 atom stereocenters. The van der Waals surface area contributed by atoms with E-state index in [0.717, 1.165) is 11.0 Å². The summed E-state index contributed by atoms with van der Waals surface area (Å²) in [5, 5.41) is 22.7. The van der Waals surface area contributed by atoms with Gasteiger partial charge in [-0.3, -0.25) is 4.79 Å². The molecule has 7 nitrogen and oxygen atoms in total. The number of hydrogen-bond acceptors (Lipinski definition) is 5. The van der Waals surface area contributed by atoms with E-state index in [2.05, 4.69) is 20.8 Å². The van der Waals surface area contributed by atoms with E-state index >= 15 is 0 Å². The predicted molar refractivity (Wildman–Crippen MR) is 94.8 cm³/mol. The van der Waals surface area contributed by atoms with Crippen molar-refractivity contribution < 1.29 is 9.90 Å². The first-order chi connectivity index (χ1) is 12.0. The first-order valence-corrected chi connectivity index (χ1v) is 7.88. The molecule has 0 spiro atoms. The number of carbonyl (C=O) groups is 1. The van der Waals surface area contributed by atoms with Crippen LogP contribution in [-0.4, -0.2) is 31.7 Å². The number of aromatic nitrogens is 3. The van der Waals surface area contributed by atoms with Crippen LogP contribution in [0.25, 0.3) is 11.0 Å². The molecule has 25 heavy (non-hydrogen) atoms. The molecule has 128 valence electrons. The summed E-state index contributed by atoms with van der Waals surface area (Å²) in [4.78, 5) is 12.3. The lowest BCUT2D eigenvalue weighted by atomic mass is 9.95. The van der Waals surface area contributed by atoms with Gasteiger partial charge in [-0.1, -0.05) is 47.7 Å². The summed E-state index contributed by atoms with van der Waals surface area (Å²) in [6, 6.07) is 16.3. The van der Waals surface area contributed by atoms with Crippen LogP contribution in [0, 0.1) is 0 Å². The number of benzene rings is 2. The zero-order valence-electron chi connectivity index (χ0n) is 14.0. The van der Waals surface area contributed by atoms with Crippen molar-refractivity contribution >= 4 is 22.7 Å². The Kier molecular flexibility index (Phi) is 4.58. The van der Waals surface area contributed by atoms with Gasteiger partial charge in [-0.2, -0.15) is 5.10 Å². The molecule has 0 fully saturated rings. The van der Waals surface area contributed by atoms with Crippen LogP contribution < -0.4 is 5.43 Å². The lowest BCUT2D eigenvalue weighted by Gasteiger charge is -2.21. The molecule has 7 heteroatoms. The van der Waals surface area contributed by atoms with E-state index in [9.17, 15) is 9.90 Å². The second-order valence-electron chi connectivity index (χ2n) is 5.96. The second-order valence-corrected chi connectivity index (χ2v) is 5.96. The molecule has 0 aliphatic heterocycles. The normalized spacial score (nSPS) is 14.3. The SMILES string of the molecule is CC(Cn1nnc2ccccc21)=NNC(=O)[C@](C)(O)c1ccccc1. The molecule has 0 saturated carbocycles. The highest BCUT2D eigenvalue weighted by molar-refractivity contribution is 5.89. The van der Waals surface area contributed by atoms with Crippen LogP contribution in [0.2, 0.25) is 0 Å². The van der Waals surface area contributed by atoms with Crippen molar-refractivity contribution in [2.24, 2.45) is 5.10 Å². The Morgan fingerprint density at radius 1 is 1.20 bits per heavy atom. The lowest BCUT2D eigenvalue weighted by Crippen LogP contribution is -2.40. The Hall–Kier alpha value is -3.06. The zero-order valence-corrected chi connectivity index (χ0v) is 14.0. The molecule has 3 rings (SSSR count). The summed E-state index contributed by atoms with van der Waals surface area (Å²) in [6.07, 6.45) is 0. The third-order valence-corrected chi connectivity index (χ3v) is 3.93. The molecule has 1 amide bonds. The van der Waals surface area contributed by atoms with Crippen LogP contribution in [-0.2, 0) is 16.9 Å². The predicted octanol–water partition coefficient (Wildman–Crippen LogP) is 1.83. The minimum atomic E-state index is -1.66. The molecule has 0 saturated heterocycles. The van der Waals surface area contributed by atoms with Gasteiger partial charge in [0.2, 0.25) is 0 Å². The maximum Gasteiger partial charge on any atom is 0.276 e. The highest BCUT2D eigenvalue weighted by Gasteiger charge is 2.32. The van der Waals surface area contributed by atoms with Crippen molar-refractivity contribution in [3.8, 4) is 0 Å². The molecule has 3 aromatic rings. The minimum absolute atomic E-state index is 0.383. The van der Waals surface area contributed by atoms with Crippen molar-refractivity contribution in [2.45, 2.75) is 26.0 Å². The topological polar surface area (TPSA) is 92.4 Å². The Bertz CT molecular complexity index is 915. The van der Waals surface area contributed by atoms with Gasteiger partial charge in [0, 0.05) is 0 Å². The van der Waals surface area contributed by atoms with Crippen LogP contribution in [0.4, 0.5) is 0 Å². The summed E-state index contributed by atoms with van der Waals surface area (Å²) < 4.78 is 1.70. The minimum Gasteiger partial charge on any atom is -0.375 e. The van der Waals surface area contributed by atoms with Crippen molar-refractivity contribution in [3.63, 3.8) is 0 Å². The first-order valence-electron chi connectivity index (χ1n) is 7.88. The lowest BCUT2D eigenvalue weighted by molar-refractivity contribution is -0.139. The molecule has 0 aliphatic rings. The molecule has 2 aromatic carbocycles. The second kappa shape index (κ2) is 6.82.